The number of carbonyl (C=O) groups is 1. The molecule has 0 aromatic heterocycles. The van der Waals surface area contributed by atoms with Crippen molar-refractivity contribution in [3.63, 3.8) is 0 Å². The molecule has 0 fully saturated rings. The van der Waals surface area contributed by atoms with Crippen molar-refractivity contribution in [3.05, 3.63) is 70.8 Å². The van der Waals surface area contributed by atoms with Gasteiger partial charge in [0.15, 0.2) is 0 Å². The molecule has 0 spiro atoms. The first kappa shape index (κ1) is 22.5. The zero-order valence-electron chi connectivity index (χ0n) is 18.3. The van der Waals surface area contributed by atoms with Crippen molar-refractivity contribution in [2.24, 2.45) is 0 Å². The minimum absolute atomic E-state index is 0.345. The summed E-state index contributed by atoms with van der Waals surface area (Å²) in [7, 11) is 0. The van der Waals surface area contributed by atoms with Gasteiger partial charge in [0, 0.05) is 11.6 Å². The van der Waals surface area contributed by atoms with Crippen molar-refractivity contribution in [2.45, 2.75) is 53.4 Å². The fourth-order valence-corrected chi connectivity index (χ4v) is 3.29. The standard InChI is InChI=1S/C26H32O3/c1-7-29-26-23(18(4)5)15-21(17(2)3)16-24(26)22-11-9-8-10-20(22)13-12-19(6)14-25(27)28/h8-18H,7H2,1-6H3,(H,27,28). The Labute approximate surface area is 174 Å². The number of hydrogen-bond acceptors (Lipinski definition) is 2. The number of hydrogen-bond donors (Lipinski definition) is 1. The molecule has 29 heavy (non-hydrogen) atoms. The lowest BCUT2D eigenvalue weighted by atomic mass is 9.88. The van der Waals surface area contributed by atoms with Crippen molar-refractivity contribution in [2.75, 3.05) is 6.61 Å². The highest BCUT2D eigenvalue weighted by Gasteiger charge is 2.18. The first-order valence-electron chi connectivity index (χ1n) is 10.2. The molecule has 0 aliphatic carbocycles. The molecule has 0 unspecified atom stereocenters. The van der Waals surface area contributed by atoms with Crippen LogP contribution in [0.5, 0.6) is 5.75 Å². The van der Waals surface area contributed by atoms with Crippen LogP contribution in [0.1, 0.15) is 70.1 Å². The molecule has 0 amide bonds. The number of rotatable bonds is 8. The van der Waals surface area contributed by atoms with Gasteiger partial charge in [-0.05, 0) is 59.6 Å². The van der Waals surface area contributed by atoms with E-state index in [1.54, 1.807) is 6.92 Å². The lowest BCUT2D eigenvalue weighted by molar-refractivity contribution is -0.131. The summed E-state index contributed by atoms with van der Waals surface area (Å²) >= 11 is 0. The molecule has 2 aromatic carbocycles. The fraction of sp³-hybridized carbons (Fsp3) is 0.346. The van der Waals surface area contributed by atoms with Gasteiger partial charge >= 0.3 is 5.97 Å². The van der Waals surface area contributed by atoms with E-state index >= 15 is 0 Å². The molecule has 2 rings (SSSR count). The number of aliphatic carboxylic acids is 1. The van der Waals surface area contributed by atoms with Crippen LogP contribution in [0.25, 0.3) is 17.2 Å². The molecule has 0 saturated heterocycles. The molecule has 0 atom stereocenters. The van der Waals surface area contributed by atoms with E-state index in [4.69, 9.17) is 9.84 Å². The Balaban J connectivity index is 2.70. The lowest BCUT2D eigenvalue weighted by Gasteiger charge is -2.22. The molecule has 3 nitrogen and oxygen atoms in total. The third-order valence-corrected chi connectivity index (χ3v) is 4.85. The maximum atomic E-state index is 10.9. The zero-order valence-corrected chi connectivity index (χ0v) is 18.3. The molecular formula is C26H32O3. The van der Waals surface area contributed by atoms with Crippen LogP contribution in [0.3, 0.4) is 0 Å². The van der Waals surface area contributed by atoms with Crippen LogP contribution in [0.4, 0.5) is 0 Å². The molecule has 2 aromatic rings. The summed E-state index contributed by atoms with van der Waals surface area (Å²) in [6, 6.07) is 12.7. The summed E-state index contributed by atoms with van der Waals surface area (Å²) in [5.74, 6) is 0.749. The van der Waals surface area contributed by atoms with Crippen LogP contribution in [-0.4, -0.2) is 17.7 Å². The average Bonchev–Trinajstić information content (AvgIpc) is 2.66. The average molecular weight is 393 g/mol. The summed E-state index contributed by atoms with van der Waals surface area (Å²) in [4.78, 5) is 10.9. The Morgan fingerprint density at radius 2 is 1.76 bits per heavy atom. The summed E-state index contributed by atoms with van der Waals surface area (Å²) in [6.45, 7) is 13.2. The van der Waals surface area contributed by atoms with E-state index in [1.807, 2.05) is 37.3 Å². The molecule has 1 N–H and O–H groups in total. The molecular weight excluding hydrogens is 360 g/mol. The summed E-state index contributed by atoms with van der Waals surface area (Å²) in [5.41, 5.74) is 6.39. The second kappa shape index (κ2) is 10.1. The van der Waals surface area contributed by atoms with Crippen LogP contribution in [0.15, 0.2) is 54.1 Å². The van der Waals surface area contributed by atoms with Crippen LogP contribution in [0, 0.1) is 0 Å². The predicted octanol–water partition coefficient (Wildman–Crippen LogP) is 7.04. The first-order valence-corrected chi connectivity index (χ1v) is 10.2. The molecule has 0 heterocycles. The minimum Gasteiger partial charge on any atom is -0.493 e. The predicted molar refractivity (Wildman–Crippen MR) is 122 cm³/mol. The molecule has 0 bridgehead atoms. The summed E-state index contributed by atoms with van der Waals surface area (Å²) in [6.07, 6.45) is 5.01. The van der Waals surface area contributed by atoms with Crippen molar-refractivity contribution in [1.82, 2.24) is 0 Å². The Morgan fingerprint density at radius 1 is 1.07 bits per heavy atom. The molecule has 3 heteroatoms. The largest absolute Gasteiger partial charge is 0.493 e. The zero-order chi connectivity index (χ0) is 21.6. The van der Waals surface area contributed by atoms with E-state index in [2.05, 4.69) is 45.9 Å². The highest BCUT2D eigenvalue weighted by Crippen LogP contribution is 2.41. The molecule has 154 valence electrons. The fourth-order valence-electron chi connectivity index (χ4n) is 3.29. The quantitative estimate of drug-likeness (QED) is 0.387. The first-order chi connectivity index (χ1) is 13.7. The minimum atomic E-state index is -0.940. The normalized spacial score (nSPS) is 12.2. The number of carboxylic acid groups (broad SMARTS) is 1. The van der Waals surface area contributed by atoms with Gasteiger partial charge in [0.1, 0.15) is 5.75 Å². The lowest BCUT2D eigenvalue weighted by Crippen LogP contribution is -2.03. The molecule has 0 saturated carbocycles. The number of benzene rings is 2. The van der Waals surface area contributed by atoms with E-state index in [9.17, 15) is 4.79 Å². The topological polar surface area (TPSA) is 46.5 Å². The number of ether oxygens (including phenoxy) is 1. The van der Waals surface area contributed by atoms with Gasteiger partial charge in [-0.1, -0.05) is 70.2 Å². The van der Waals surface area contributed by atoms with Gasteiger partial charge in [-0.15, -0.1) is 0 Å². The maximum Gasteiger partial charge on any atom is 0.328 e. The summed E-state index contributed by atoms with van der Waals surface area (Å²) < 4.78 is 6.14. The van der Waals surface area contributed by atoms with E-state index in [-0.39, 0.29) is 0 Å². The Hall–Kier alpha value is -2.81. The van der Waals surface area contributed by atoms with Crippen molar-refractivity contribution >= 4 is 12.0 Å². The van der Waals surface area contributed by atoms with Gasteiger partial charge in [-0.3, -0.25) is 0 Å². The Kier molecular flexibility index (Phi) is 7.83. The van der Waals surface area contributed by atoms with Crippen LogP contribution in [-0.2, 0) is 4.79 Å². The van der Waals surface area contributed by atoms with Gasteiger partial charge < -0.3 is 9.84 Å². The second-order valence-corrected chi connectivity index (χ2v) is 7.88. The number of allylic oxidation sites excluding steroid dienone is 2. The van der Waals surface area contributed by atoms with Crippen molar-refractivity contribution < 1.29 is 14.6 Å². The van der Waals surface area contributed by atoms with Gasteiger partial charge in [-0.2, -0.15) is 0 Å². The van der Waals surface area contributed by atoms with E-state index < -0.39 is 5.97 Å². The SMILES string of the molecule is CCOc1c(-c2ccccc2C=CC(C)=CC(=O)O)cc(C(C)C)cc1C(C)C. The molecule has 0 aliphatic rings. The molecule has 0 aliphatic heterocycles. The Bertz CT molecular complexity index is 918. The third-order valence-electron chi connectivity index (χ3n) is 4.85. The third kappa shape index (κ3) is 5.83. The van der Waals surface area contributed by atoms with Gasteiger partial charge in [-0.25, -0.2) is 4.79 Å². The van der Waals surface area contributed by atoms with Crippen LogP contribution >= 0.6 is 0 Å². The van der Waals surface area contributed by atoms with Gasteiger partial charge in [0.05, 0.1) is 6.61 Å². The molecule has 0 radical (unpaired) electrons. The van der Waals surface area contributed by atoms with E-state index in [0.29, 0.717) is 24.0 Å². The maximum absolute atomic E-state index is 10.9. The monoisotopic (exact) mass is 392 g/mol. The highest BCUT2D eigenvalue weighted by molar-refractivity contribution is 5.83. The van der Waals surface area contributed by atoms with Gasteiger partial charge in [0.2, 0.25) is 0 Å². The van der Waals surface area contributed by atoms with Crippen molar-refractivity contribution in [3.8, 4) is 16.9 Å². The Morgan fingerprint density at radius 3 is 2.34 bits per heavy atom. The van der Waals surface area contributed by atoms with Crippen LogP contribution in [0.2, 0.25) is 0 Å². The van der Waals surface area contributed by atoms with E-state index in [0.717, 1.165) is 22.4 Å². The number of carboxylic acids is 1. The van der Waals surface area contributed by atoms with E-state index in [1.165, 1.54) is 17.2 Å². The van der Waals surface area contributed by atoms with Gasteiger partial charge in [0.25, 0.3) is 0 Å². The second-order valence-electron chi connectivity index (χ2n) is 7.88. The van der Waals surface area contributed by atoms with Crippen molar-refractivity contribution in [1.29, 1.82) is 0 Å². The highest BCUT2D eigenvalue weighted by atomic mass is 16.5. The van der Waals surface area contributed by atoms with Crippen LogP contribution < -0.4 is 4.74 Å². The summed E-state index contributed by atoms with van der Waals surface area (Å²) in [5, 5.41) is 8.95. The smallest absolute Gasteiger partial charge is 0.328 e.